The highest BCUT2D eigenvalue weighted by Crippen LogP contribution is 2.44. The molecule has 1 unspecified atom stereocenters. The van der Waals surface area contributed by atoms with Gasteiger partial charge in [-0.3, -0.25) is 0 Å². The third-order valence-electron chi connectivity index (χ3n) is 4.03. The summed E-state index contributed by atoms with van der Waals surface area (Å²) in [6.07, 6.45) is 2.33. The average molecular weight is 263 g/mol. The lowest BCUT2D eigenvalue weighted by molar-refractivity contribution is 0.150. The van der Waals surface area contributed by atoms with Gasteiger partial charge in [-0.15, -0.1) is 0 Å². The Balaban J connectivity index is 2.06. The van der Waals surface area contributed by atoms with Crippen LogP contribution in [0.25, 0.3) is 0 Å². The van der Waals surface area contributed by atoms with Gasteiger partial charge in [-0.2, -0.15) is 0 Å². The third-order valence-corrected chi connectivity index (χ3v) is 4.03. The van der Waals surface area contributed by atoms with Crippen molar-refractivity contribution in [3.8, 4) is 11.5 Å². The second-order valence-corrected chi connectivity index (χ2v) is 5.42. The van der Waals surface area contributed by atoms with Gasteiger partial charge in [-0.25, -0.2) is 0 Å². The largest absolute Gasteiger partial charge is 0.486 e. The van der Waals surface area contributed by atoms with Crippen molar-refractivity contribution in [2.24, 2.45) is 0 Å². The standard InChI is InChI=1S/C15H21NO3/c1-15(6-3-7-16-15)12-5-4-11(10-17-2)13-14(12)19-9-8-18-13/h4-5,16H,3,6-10H2,1-2H3. The molecular formula is C15H21NO3. The van der Waals surface area contributed by atoms with E-state index in [1.807, 2.05) is 0 Å². The first-order valence-electron chi connectivity index (χ1n) is 6.90. The van der Waals surface area contributed by atoms with Gasteiger partial charge < -0.3 is 19.5 Å². The number of benzene rings is 1. The van der Waals surface area contributed by atoms with Crippen LogP contribution in [0.1, 0.15) is 30.9 Å². The zero-order valence-electron chi connectivity index (χ0n) is 11.6. The Morgan fingerprint density at radius 2 is 2.05 bits per heavy atom. The van der Waals surface area contributed by atoms with Gasteiger partial charge in [0.25, 0.3) is 0 Å². The quantitative estimate of drug-likeness (QED) is 0.907. The van der Waals surface area contributed by atoms with Gasteiger partial charge in [0.05, 0.1) is 6.61 Å². The Morgan fingerprint density at radius 3 is 2.74 bits per heavy atom. The number of ether oxygens (including phenoxy) is 3. The van der Waals surface area contributed by atoms with Crippen molar-refractivity contribution in [2.45, 2.75) is 31.9 Å². The van der Waals surface area contributed by atoms with E-state index in [1.54, 1.807) is 7.11 Å². The van der Waals surface area contributed by atoms with E-state index in [4.69, 9.17) is 14.2 Å². The van der Waals surface area contributed by atoms with Gasteiger partial charge in [0.2, 0.25) is 0 Å². The minimum absolute atomic E-state index is 0.00359. The molecule has 4 nitrogen and oxygen atoms in total. The van der Waals surface area contributed by atoms with Crippen LogP contribution in [-0.2, 0) is 16.9 Å². The van der Waals surface area contributed by atoms with Gasteiger partial charge in [0, 0.05) is 23.8 Å². The molecule has 19 heavy (non-hydrogen) atoms. The first kappa shape index (κ1) is 12.8. The molecule has 1 N–H and O–H groups in total. The van der Waals surface area contributed by atoms with E-state index >= 15 is 0 Å². The Bertz CT molecular complexity index is 467. The molecular weight excluding hydrogens is 242 g/mol. The molecule has 0 amide bonds. The topological polar surface area (TPSA) is 39.7 Å². The second kappa shape index (κ2) is 5.02. The zero-order chi connectivity index (χ0) is 13.3. The molecule has 2 aliphatic heterocycles. The fourth-order valence-electron chi connectivity index (χ4n) is 3.02. The number of methoxy groups -OCH3 is 1. The highest BCUT2D eigenvalue weighted by atomic mass is 16.6. The lowest BCUT2D eigenvalue weighted by atomic mass is 9.88. The van der Waals surface area contributed by atoms with Crippen LogP contribution in [0.4, 0.5) is 0 Å². The monoisotopic (exact) mass is 263 g/mol. The van der Waals surface area contributed by atoms with E-state index in [2.05, 4.69) is 24.4 Å². The first-order chi connectivity index (χ1) is 9.24. The summed E-state index contributed by atoms with van der Waals surface area (Å²) in [5.74, 6) is 1.76. The van der Waals surface area contributed by atoms with Crippen LogP contribution in [0.5, 0.6) is 11.5 Å². The van der Waals surface area contributed by atoms with Crippen LogP contribution < -0.4 is 14.8 Å². The minimum atomic E-state index is -0.00359. The van der Waals surface area contributed by atoms with Crippen LogP contribution in [0.15, 0.2) is 12.1 Å². The molecule has 0 radical (unpaired) electrons. The minimum Gasteiger partial charge on any atom is -0.486 e. The van der Waals surface area contributed by atoms with Gasteiger partial charge in [0.1, 0.15) is 13.2 Å². The highest BCUT2D eigenvalue weighted by Gasteiger charge is 2.35. The molecule has 1 fully saturated rings. The molecule has 0 saturated carbocycles. The van der Waals surface area contributed by atoms with E-state index in [0.29, 0.717) is 19.8 Å². The molecule has 2 aliphatic rings. The molecule has 0 aromatic heterocycles. The predicted molar refractivity (Wildman–Crippen MR) is 72.7 cm³/mol. The SMILES string of the molecule is COCc1ccc(C2(C)CCCN2)c2c1OCCO2. The average Bonchev–Trinajstić information content (AvgIpc) is 2.87. The summed E-state index contributed by atoms with van der Waals surface area (Å²) in [4.78, 5) is 0. The van der Waals surface area contributed by atoms with E-state index < -0.39 is 0 Å². The van der Waals surface area contributed by atoms with Gasteiger partial charge in [-0.1, -0.05) is 12.1 Å². The van der Waals surface area contributed by atoms with Crippen molar-refractivity contribution in [3.63, 3.8) is 0 Å². The van der Waals surface area contributed by atoms with Crippen LogP contribution in [-0.4, -0.2) is 26.9 Å². The number of nitrogens with one attached hydrogen (secondary N) is 1. The molecule has 2 heterocycles. The van der Waals surface area contributed by atoms with Crippen molar-refractivity contribution in [1.82, 2.24) is 5.32 Å². The van der Waals surface area contributed by atoms with E-state index in [1.165, 1.54) is 12.0 Å². The predicted octanol–water partition coefficient (Wildman–Crippen LogP) is 2.20. The Labute approximate surface area is 114 Å². The van der Waals surface area contributed by atoms with Gasteiger partial charge in [0.15, 0.2) is 11.5 Å². The van der Waals surface area contributed by atoms with Crippen molar-refractivity contribution in [2.75, 3.05) is 26.9 Å². The molecule has 3 rings (SSSR count). The number of hydrogen-bond donors (Lipinski definition) is 1. The van der Waals surface area contributed by atoms with Crippen LogP contribution in [0.2, 0.25) is 0 Å². The van der Waals surface area contributed by atoms with E-state index in [-0.39, 0.29) is 5.54 Å². The summed E-state index contributed by atoms with van der Waals surface area (Å²) in [6, 6.07) is 4.25. The molecule has 104 valence electrons. The fraction of sp³-hybridized carbons (Fsp3) is 0.600. The normalized spacial score (nSPS) is 25.6. The molecule has 1 atom stereocenters. The second-order valence-electron chi connectivity index (χ2n) is 5.42. The van der Waals surface area contributed by atoms with Crippen molar-refractivity contribution in [1.29, 1.82) is 0 Å². The Hall–Kier alpha value is -1.26. The first-order valence-corrected chi connectivity index (χ1v) is 6.90. The Kier molecular flexibility index (Phi) is 3.37. The number of rotatable bonds is 3. The smallest absolute Gasteiger partial charge is 0.167 e. The third kappa shape index (κ3) is 2.19. The van der Waals surface area contributed by atoms with Gasteiger partial charge >= 0.3 is 0 Å². The fourth-order valence-corrected chi connectivity index (χ4v) is 3.02. The van der Waals surface area contributed by atoms with E-state index in [0.717, 1.165) is 30.0 Å². The molecule has 0 aliphatic carbocycles. The molecule has 1 aromatic carbocycles. The van der Waals surface area contributed by atoms with E-state index in [9.17, 15) is 0 Å². The van der Waals surface area contributed by atoms with Gasteiger partial charge in [-0.05, 0) is 26.3 Å². The molecule has 1 saturated heterocycles. The summed E-state index contributed by atoms with van der Waals surface area (Å²) in [5, 5.41) is 3.58. The summed E-state index contributed by atoms with van der Waals surface area (Å²) >= 11 is 0. The summed E-state index contributed by atoms with van der Waals surface area (Å²) in [6.45, 7) is 5.08. The molecule has 1 aromatic rings. The van der Waals surface area contributed by atoms with Crippen LogP contribution in [0.3, 0.4) is 0 Å². The number of hydrogen-bond acceptors (Lipinski definition) is 4. The Morgan fingerprint density at radius 1 is 1.26 bits per heavy atom. The van der Waals surface area contributed by atoms with Crippen molar-refractivity contribution in [3.05, 3.63) is 23.3 Å². The molecule has 4 heteroatoms. The maximum atomic E-state index is 5.90. The molecule has 0 spiro atoms. The van der Waals surface area contributed by atoms with Crippen LogP contribution >= 0.6 is 0 Å². The maximum absolute atomic E-state index is 5.90. The summed E-state index contributed by atoms with van der Waals surface area (Å²) < 4.78 is 17.0. The lowest BCUT2D eigenvalue weighted by Crippen LogP contribution is -2.34. The lowest BCUT2D eigenvalue weighted by Gasteiger charge is -2.31. The van der Waals surface area contributed by atoms with Crippen LogP contribution in [0, 0.1) is 0 Å². The van der Waals surface area contributed by atoms with Crippen molar-refractivity contribution < 1.29 is 14.2 Å². The number of fused-ring (bicyclic) bond motifs is 1. The zero-order valence-corrected chi connectivity index (χ0v) is 11.6. The summed E-state index contributed by atoms with van der Waals surface area (Å²) in [7, 11) is 1.70. The van der Waals surface area contributed by atoms with Crippen molar-refractivity contribution >= 4 is 0 Å². The maximum Gasteiger partial charge on any atom is 0.167 e. The highest BCUT2D eigenvalue weighted by molar-refractivity contribution is 5.55. The summed E-state index contributed by atoms with van der Waals surface area (Å²) in [5.41, 5.74) is 2.26. The molecule has 0 bridgehead atoms.